The van der Waals surface area contributed by atoms with Gasteiger partial charge in [0.1, 0.15) is 0 Å². The number of hydrogen-bond acceptors (Lipinski definition) is 3. The van der Waals surface area contributed by atoms with Gasteiger partial charge in [0.15, 0.2) is 0 Å². The van der Waals surface area contributed by atoms with Crippen molar-refractivity contribution in [1.82, 2.24) is 0 Å². The Hall–Kier alpha value is -0.900. The van der Waals surface area contributed by atoms with Crippen molar-refractivity contribution in [2.45, 2.75) is 103 Å². The van der Waals surface area contributed by atoms with Gasteiger partial charge < -0.3 is 15.3 Å². The van der Waals surface area contributed by atoms with E-state index in [0.717, 1.165) is 57.8 Å². The van der Waals surface area contributed by atoms with Crippen molar-refractivity contribution in [3.8, 4) is 0 Å². The summed E-state index contributed by atoms with van der Waals surface area (Å²) in [5.74, 6) is 1.63. The Kier molecular flexibility index (Phi) is 7.69. The fourth-order valence-electron chi connectivity index (χ4n) is 6.70. The van der Waals surface area contributed by atoms with E-state index in [1.165, 1.54) is 29.6 Å². The van der Waals surface area contributed by atoms with Gasteiger partial charge in [-0.3, -0.25) is 0 Å². The summed E-state index contributed by atoms with van der Waals surface area (Å²) >= 11 is 0. The molecule has 1 unspecified atom stereocenters. The molecule has 30 heavy (non-hydrogen) atoms. The van der Waals surface area contributed by atoms with Gasteiger partial charge in [-0.05, 0) is 95.0 Å². The molecule has 0 spiro atoms. The molecule has 3 nitrogen and oxygen atoms in total. The van der Waals surface area contributed by atoms with Gasteiger partial charge in [0.2, 0.25) is 0 Å². The molecule has 0 saturated heterocycles. The summed E-state index contributed by atoms with van der Waals surface area (Å²) in [5.41, 5.74) is 3.32. The average molecular weight is 417 g/mol. The topological polar surface area (TPSA) is 60.7 Å². The minimum atomic E-state index is -0.586. The monoisotopic (exact) mass is 416 g/mol. The fourth-order valence-corrected chi connectivity index (χ4v) is 6.70. The maximum absolute atomic E-state index is 10.6. The van der Waals surface area contributed by atoms with Crippen molar-refractivity contribution >= 4 is 0 Å². The van der Waals surface area contributed by atoms with Gasteiger partial charge >= 0.3 is 0 Å². The Morgan fingerprint density at radius 3 is 2.67 bits per heavy atom. The van der Waals surface area contributed by atoms with Crippen LogP contribution >= 0.6 is 0 Å². The highest BCUT2D eigenvalue weighted by Gasteiger charge is 2.53. The summed E-state index contributed by atoms with van der Waals surface area (Å²) in [6.07, 6.45) is 15.6. The molecule has 0 aromatic rings. The first kappa shape index (κ1) is 23.8. The first-order valence-electron chi connectivity index (χ1n) is 12.3. The molecular weight excluding hydrogens is 372 g/mol. The van der Waals surface area contributed by atoms with Crippen LogP contribution in [0.5, 0.6) is 0 Å². The number of allylic oxidation sites excluding steroid dienone is 4. The molecule has 3 fully saturated rings. The van der Waals surface area contributed by atoms with Crippen LogP contribution in [0.4, 0.5) is 0 Å². The molecule has 0 aliphatic heterocycles. The van der Waals surface area contributed by atoms with Crippen LogP contribution in [-0.2, 0) is 0 Å². The predicted octanol–water partition coefficient (Wildman–Crippen LogP) is 5.71. The van der Waals surface area contributed by atoms with Crippen LogP contribution in [0.25, 0.3) is 0 Å². The van der Waals surface area contributed by atoms with E-state index in [1.807, 2.05) is 13.8 Å². The summed E-state index contributed by atoms with van der Waals surface area (Å²) in [6.45, 7) is 10.6. The van der Waals surface area contributed by atoms with Gasteiger partial charge in [0.25, 0.3) is 0 Å². The molecule has 0 aromatic carbocycles. The summed E-state index contributed by atoms with van der Waals surface area (Å²) < 4.78 is 0. The third kappa shape index (κ3) is 5.29. The largest absolute Gasteiger partial charge is 0.396 e. The van der Waals surface area contributed by atoms with Crippen molar-refractivity contribution < 1.29 is 15.3 Å². The van der Waals surface area contributed by atoms with Gasteiger partial charge in [-0.1, -0.05) is 49.6 Å². The molecule has 0 heterocycles. The smallest absolute Gasteiger partial charge is 0.0591 e. The maximum Gasteiger partial charge on any atom is 0.0591 e. The lowest BCUT2D eigenvalue weighted by Gasteiger charge is -2.46. The third-order valence-electron chi connectivity index (χ3n) is 8.37. The molecule has 3 N–H and O–H groups in total. The first-order chi connectivity index (χ1) is 14.2. The number of aliphatic hydroxyl groups is 3. The van der Waals surface area contributed by atoms with Crippen LogP contribution in [0.2, 0.25) is 0 Å². The molecular formula is C27H44O3. The molecule has 3 aliphatic rings. The Labute approximate surface area is 184 Å². The molecule has 0 amide bonds. The second-order valence-electron chi connectivity index (χ2n) is 11.1. The van der Waals surface area contributed by atoms with Gasteiger partial charge in [-0.25, -0.2) is 0 Å². The Morgan fingerprint density at radius 1 is 1.20 bits per heavy atom. The first-order valence-corrected chi connectivity index (χ1v) is 12.3. The normalized spacial score (nSPS) is 36.3. The highest BCUT2D eigenvalue weighted by atomic mass is 16.3. The number of hydrogen-bond donors (Lipinski definition) is 3. The minimum absolute atomic E-state index is 0.0276. The highest BCUT2D eigenvalue weighted by Crippen LogP contribution is 2.60. The van der Waals surface area contributed by atoms with Gasteiger partial charge in [-0.15, -0.1) is 0 Å². The second-order valence-corrected chi connectivity index (χ2v) is 11.1. The van der Waals surface area contributed by atoms with E-state index in [9.17, 15) is 15.3 Å². The molecule has 170 valence electrons. The van der Waals surface area contributed by atoms with E-state index in [1.54, 1.807) is 0 Å². The molecule has 0 radical (unpaired) electrons. The Morgan fingerprint density at radius 2 is 1.97 bits per heavy atom. The predicted molar refractivity (Wildman–Crippen MR) is 124 cm³/mol. The summed E-state index contributed by atoms with van der Waals surface area (Å²) in [4.78, 5) is 0. The van der Waals surface area contributed by atoms with E-state index in [0.29, 0.717) is 17.8 Å². The van der Waals surface area contributed by atoms with E-state index in [4.69, 9.17) is 0 Å². The molecule has 5 atom stereocenters. The lowest BCUT2D eigenvalue weighted by molar-refractivity contribution is 0.00550. The molecule has 3 aliphatic carbocycles. The van der Waals surface area contributed by atoms with Gasteiger partial charge in [0.05, 0.1) is 11.7 Å². The van der Waals surface area contributed by atoms with Crippen LogP contribution < -0.4 is 0 Å². The number of rotatable bonds is 7. The molecule has 3 heteroatoms. The van der Waals surface area contributed by atoms with E-state index >= 15 is 0 Å². The van der Waals surface area contributed by atoms with Gasteiger partial charge in [-0.2, -0.15) is 0 Å². The molecule has 0 aromatic heterocycles. The molecule has 3 saturated carbocycles. The van der Waals surface area contributed by atoms with Crippen molar-refractivity contribution in [3.05, 3.63) is 35.5 Å². The van der Waals surface area contributed by atoms with Crippen LogP contribution in [-0.4, -0.2) is 33.6 Å². The van der Waals surface area contributed by atoms with Crippen LogP contribution in [0, 0.1) is 23.2 Å². The fraction of sp³-hybridized carbons (Fsp3) is 0.778. The zero-order valence-electron chi connectivity index (χ0n) is 19.5. The van der Waals surface area contributed by atoms with Gasteiger partial charge in [0, 0.05) is 12.0 Å². The minimum Gasteiger partial charge on any atom is -0.396 e. The van der Waals surface area contributed by atoms with E-state index in [2.05, 4.69) is 25.7 Å². The summed E-state index contributed by atoms with van der Waals surface area (Å²) in [7, 11) is 0. The van der Waals surface area contributed by atoms with Crippen LogP contribution in [0.3, 0.4) is 0 Å². The zero-order valence-corrected chi connectivity index (χ0v) is 19.5. The van der Waals surface area contributed by atoms with Crippen molar-refractivity contribution in [2.24, 2.45) is 23.2 Å². The molecule has 3 rings (SSSR count). The van der Waals surface area contributed by atoms with Crippen molar-refractivity contribution in [1.29, 1.82) is 0 Å². The van der Waals surface area contributed by atoms with E-state index < -0.39 is 5.60 Å². The Bertz CT molecular complexity index is 668. The SMILES string of the molecule is C=C1CC[C@H](O)CC1=CC=C1CCC[C@@]2(CO)C1CC[C@@H]2[C@H](C)CCCC(C)(C)O. The summed E-state index contributed by atoms with van der Waals surface area (Å²) in [6, 6.07) is 0. The average Bonchev–Trinajstić information content (AvgIpc) is 3.08. The van der Waals surface area contributed by atoms with Crippen LogP contribution in [0.1, 0.15) is 91.4 Å². The van der Waals surface area contributed by atoms with E-state index in [-0.39, 0.29) is 18.1 Å². The quantitative estimate of drug-likeness (QED) is 0.498. The standard InChI is InChI=1S/C27H44O3/c1-19-9-12-23(29)17-22(19)11-10-21-8-6-16-27(18-28)24(13-14-25(21)27)20(2)7-5-15-26(3,4)30/h10-11,20,23-25,28-30H,1,5-9,12-18H2,2-4H3/t20-,23+,24-,25?,27+/m1/s1. The molecule has 0 bridgehead atoms. The maximum atomic E-state index is 10.6. The lowest BCUT2D eigenvalue weighted by atomic mass is 9.60. The summed E-state index contributed by atoms with van der Waals surface area (Å²) in [5, 5.41) is 30.7. The van der Waals surface area contributed by atoms with Crippen LogP contribution in [0.15, 0.2) is 35.5 Å². The number of fused-ring (bicyclic) bond motifs is 1. The number of aliphatic hydroxyl groups excluding tert-OH is 2. The second kappa shape index (κ2) is 9.71. The highest BCUT2D eigenvalue weighted by molar-refractivity contribution is 5.36. The lowest BCUT2D eigenvalue weighted by Crippen LogP contribution is -2.41. The Balaban J connectivity index is 1.73. The third-order valence-corrected chi connectivity index (χ3v) is 8.37. The zero-order chi connectivity index (χ0) is 21.9. The van der Waals surface area contributed by atoms with Crippen molar-refractivity contribution in [2.75, 3.05) is 6.61 Å². The van der Waals surface area contributed by atoms with Crippen molar-refractivity contribution in [3.63, 3.8) is 0 Å².